The number of anilines is 2. The molecule has 1 aromatic rings. The number of piperidine rings is 1. The molecule has 0 amide bonds. The number of hydrogen-bond donors (Lipinski definition) is 2. The van der Waals surface area contributed by atoms with E-state index < -0.39 is 11.8 Å². The van der Waals surface area contributed by atoms with Crippen molar-refractivity contribution >= 4 is 11.8 Å². The highest BCUT2D eigenvalue weighted by Gasteiger charge is 2.39. The molecule has 0 spiro atoms. The van der Waals surface area contributed by atoms with Gasteiger partial charge in [0, 0.05) is 12.7 Å². The van der Waals surface area contributed by atoms with Crippen molar-refractivity contribution in [3.05, 3.63) is 12.3 Å². The summed E-state index contributed by atoms with van der Waals surface area (Å²) in [7, 11) is 0. The fourth-order valence-electron chi connectivity index (χ4n) is 1.82. The maximum atomic E-state index is 13.9. The molecule has 2 atom stereocenters. The van der Waals surface area contributed by atoms with Crippen LogP contribution in [-0.4, -0.2) is 39.9 Å². The average Bonchev–Trinajstić information content (AvgIpc) is 2.35. The molecule has 0 radical (unpaired) electrons. The van der Waals surface area contributed by atoms with Crippen LogP contribution in [0.2, 0.25) is 0 Å². The van der Waals surface area contributed by atoms with Gasteiger partial charge in [0.25, 0.3) is 0 Å². The first-order valence-corrected chi connectivity index (χ1v) is 6.19. The van der Waals surface area contributed by atoms with Crippen molar-refractivity contribution in [3.8, 4) is 0 Å². The lowest BCUT2D eigenvalue weighted by molar-refractivity contribution is -0.00860. The van der Waals surface area contributed by atoms with E-state index in [2.05, 4.69) is 9.97 Å². The van der Waals surface area contributed by atoms with Crippen LogP contribution in [0.3, 0.4) is 0 Å². The van der Waals surface area contributed by atoms with E-state index >= 15 is 0 Å². The molecule has 3 N–H and O–H groups in total. The molecule has 5 nitrogen and oxygen atoms in total. The first-order valence-electron chi connectivity index (χ1n) is 6.19. The van der Waals surface area contributed by atoms with Crippen LogP contribution in [0.15, 0.2) is 12.3 Å². The Hall–Kier alpha value is -1.43. The molecule has 6 heteroatoms. The summed E-state index contributed by atoms with van der Waals surface area (Å²) in [4.78, 5) is 9.77. The van der Waals surface area contributed by atoms with Gasteiger partial charge in [-0.05, 0) is 19.4 Å². The highest BCUT2D eigenvalue weighted by molar-refractivity contribution is 5.38. The summed E-state index contributed by atoms with van der Waals surface area (Å²) in [6, 6.07) is 1.58. The predicted molar refractivity (Wildman–Crippen MR) is 76.9 cm³/mol. The predicted octanol–water partition coefficient (Wildman–Crippen LogP) is 2.02. The van der Waals surface area contributed by atoms with Crippen LogP contribution in [0.5, 0.6) is 0 Å². The minimum absolute atomic E-state index is 0. The summed E-state index contributed by atoms with van der Waals surface area (Å²) in [5.41, 5.74) is 3.91. The zero-order valence-corrected chi connectivity index (χ0v) is 11.1. The zero-order chi connectivity index (χ0) is 13.8. The van der Waals surface area contributed by atoms with Crippen LogP contribution in [-0.2, 0) is 0 Å². The fourth-order valence-corrected chi connectivity index (χ4v) is 1.82. The van der Waals surface area contributed by atoms with Crippen molar-refractivity contribution < 1.29 is 9.50 Å². The molecule has 1 saturated heterocycles. The van der Waals surface area contributed by atoms with E-state index in [1.54, 1.807) is 11.0 Å². The maximum absolute atomic E-state index is 13.9. The number of aromatic nitrogens is 2. The first-order chi connectivity index (χ1) is 8.49. The molecule has 2 unspecified atom stereocenters. The molecule has 1 aliphatic rings. The monoisotopic (exact) mass is 272 g/mol. The second-order valence-electron chi connectivity index (χ2n) is 4.29. The molecule has 19 heavy (non-hydrogen) atoms. The summed E-state index contributed by atoms with van der Waals surface area (Å²) in [6.07, 6.45) is 0.980. The van der Waals surface area contributed by atoms with Gasteiger partial charge in [-0.2, -0.15) is 4.98 Å². The first kappa shape index (κ1) is 17.6. The molecule has 0 bridgehead atoms. The Bertz CT molecular complexity index is 387. The quantitative estimate of drug-likeness (QED) is 0.818. The van der Waals surface area contributed by atoms with E-state index in [4.69, 9.17) is 5.73 Å². The third kappa shape index (κ3) is 4.31. The SMILES string of the molecule is C.CC.CC1(F)CN(c2nccc(N)n2)CCC1O. The van der Waals surface area contributed by atoms with Gasteiger partial charge in [-0.3, -0.25) is 0 Å². The topological polar surface area (TPSA) is 75.3 Å². The van der Waals surface area contributed by atoms with Gasteiger partial charge in [0.15, 0.2) is 5.67 Å². The largest absolute Gasteiger partial charge is 0.390 e. The lowest BCUT2D eigenvalue weighted by atomic mass is 9.94. The third-order valence-electron chi connectivity index (χ3n) is 2.81. The fraction of sp³-hybridized carbons (Fsp3) is 0.692. The van der Waals surface area contributed by atoms with Crippen molar-refractivity contribution in [2.75, 3.05) is 23.7 Å². The number of alkyl halides is 1. The van der Waals surface area contributed by atoms with E-state index in [0.717, 1.165) is 0 Å². The molecule has 1 aromatic heterocycles. The van der Waals surface area contributed by atoms with E-state index in [1.807, 2.05) is 13.8 Å². The van der Waals surface area contributed by atoms with Crippen LogP contribution in [0.1, 0.15) is 34.6 Å². The number of nitrogens with two attached hydrogens (primary N) is 1. The molecule has 1 fully saturated rings. The normalized spacial score (nSPS) is 25.9. The average molecular weight is 272 g/mol. The number of nitrogens with zero attached hydrogens (tertiary/aromatic N) is 3. The molecular weight excluding hydrogens is 247 g/mol. The van der Waals surface area contributed by atoms with Crippen LogP contribution >= 0.6 is 0 Å². The minimum Gasteiger partial charge on any atom is -0.390 e. The van der Waals surface area contributed by atoms with Crippen molar-refractivity contribution in [2.45, 2.75) is 46.4 Å². The Kier molecular flexibility index (Phi) is 6.69. The number of rotatable bonds is 1. The number of hydrogen-bond acceptors (Lipinski definition) is 5. The summed E-state index contributed by atoms with van der Waals surface area (Å²) in [6.45, 7) is 6.00. The van der Waals surface area contributed by atoms with Gasteiger partial charge in [-0.1, -0.05) is 21.3 Å². The Morgan fingerprint density at radius 2 is 2.16 bits per heavy atom. The molecule has 1 aliphatic heterocycles. The summed E-state index contributed by atoms with van der Waals surface area (Å²) < 4.78 is 13.9. The molecule has 2 rings (SSSR count). The minimum atomic E-state index is -1.63. The van der Waals surface area contributed by atoms with Gasteiger partial charge in [0.05, 0.1) is 12.6 Å². The smallest absolute Gasteiger partial charge is 0.227 e. The van der Waals surface area contributed by atoms with Gasteiger partial charge in [-0.15, -0.1) is 0 Å². The van der Waals surface area contributed by atoms with Gasteiger partial charge >= 0.3 is 0 Å². The second kappa shape index (κ2) is 7.23. The molecule has 2 heterocycles. The Balaban J connectivity index is 0.00000103. The standard InChI is InChI=1S/C10H15FN4O.C2H6.CH4/c1-10(11)6-15(5-3-7(10)16)9-13-4-2-8(12)14-9;1-2;/h2,4,7,16H,3,5-6H2,1H3,(H2,12,13,14);1-2H3;1H4. The van der Waals surface area contributed by atoms with Crippen LogP contribution in [0, 0.1) is 0 Å². The molecule has 0 aromatic carbocycles. The van der Waals surface area contributed by atoms with Crippen molar-refractivity contribution in [3.63, 3.8) is 0 Å². The van der Waals surface area contributed by atoms with E-state index in [9.17, 15) is 9.50 Å². The highest BCUT2D eigenvalue weighted by atomic mass is 19.1. The van der Waals surface area contributed by atoms with Gasteiger partial charge in [-0.25, -0.2) is 9.37 Å². The third-order valence-corrected chi connectivity index (χ3v) is 2.81. The summed E-state index contributed by atoms with van der Waals surface area (Å²) >= 11 is 0. The molecule has 0 aliphatic carbocycles. The van der Waals surface area contributed by atoms with E-state index in [-0.39, 0.29) is 14.0 Å². The number of aliphatic hydroxyl groups excluding tert-OH is 1. The molecular formula is C13H25FN4O. The number of aliphatic hydroxyl groups is 1. The Labute approximate surface area is 114 Å². The summed E-state index contributed by atoms with van der Waals surface area (Å²) in [5, 5.41) is 9.49. The Morgan fingerprint density at radius 1 is 1.53 bits per heavy atom. The molecule has 110 valence electrons. The number of halogens is 1. The van der Waals surface area contributed by atoms with Gasteiger partial charge in [0.1, 0.15) is 5.82 Å². The lowest BCUT2D eigenvalue weighted by Gasteiger charge is -2.38. The van der Waals surface area contributed by atoms with Gasteiger partial charge < -0.3 is 15.7 Å². The zero-order valence-electron chi connectivity index (χ0n) is 11.1. The van der Waals surface area contributed by atoms with Crippen molar-refractivity contribution in [1.82, 2.24) is 9.97 Å². The van der Waals surface area contributed by atoms with Crippen LogP contribution in [0.4, 0.5) is 16.2 Å². The van der Waals surface area contributed by atoms with Crippen molar-refractivity contribution in [2.24, 2.45) is 0 Å². The van der Waals surface area contributed by atoms with Gasteiger partial charge in [0.2, 0.25) is 5.95 Å². The van der Waals surface area contributed by atoms with E-state index in [0.29, 0.717) is 24.7 Å². The molecule has 0 saturated carbocycles. The lowest BCUT2D eigenvalue weighted by Crippen LogP contribution is -2.52. The number of nitrogen functional groups attached to an aromatic ring is 1. The summed E-state index contributed by atoms with van der Waals surface area (Å²) in [5.74, 6) is 0.771. The maximum Gasteiger partial charge on any atom is 0.227 e. The van der Waals surface area contributed by atoms with Crippen LogP contribution < -0.4 is 10.6 Å². The second-order valence-corrected chi connectivity index (χ2v) is 4.29. The van der Waals surface area contributed by atoms with Crippen LogP contribution in [0.25, 0.3) is 0 Å². The Morgan fingerprint density at radius 3 is 2.68 bits per heavy atom. The highest BCUT2D eigenvalue weighted by Crippen LogP contribution is 2.27. The van der Waals surface area contributed by atoms with E-state index in [1.165, 1.54) is 13.1 Å². The van der Waals surface area contributed by atoms with Crippen molar-refractivity contribution in [1.29, 1.82) is 0 Å².